The van der Waals surface area contributed by atoms with E-state index < -0.39 is 17.8 Å². The van der Waals surface area contributed by atoms with Gasteiger partial charge in [0.25, 0.3) is 5.91 Å². The predicted molar refractivity (Wildman–Crippen MR) is 82.3 cm³/mol. The quantitative estimate of drug-likeness (QED) is 0.885. The van der Waals surface area contributed by atoms with E-state index in [0.717, 1.165) is 12.8 Å². The van der Waals surface area contributed by atoms with E-state index >= 15 is 0 Å². The maximum Gasteiger partial charge on any atom is 0.435 e. The summed E-state index contributed by atoms with van der Waals surface area (Å²) >= 11 is 0. The standard InChI is InChI=1S/C16H12F3N5O/c17-16(18,19)13-6-11(15(21)25)14(24-23-13)10-4-1-8(7-20)5-12(10)22-9-2-3-9/h1,4-6,9,22H,2-3H2,(H2,21,25). The van der Waals surface area contributed by atoms with E-state index in [0.29, 0.717) is 22.9 Å². The lowest BCUT2D eigenvalue weighted by molar-refractivity contribution is -0.141. The molecule has 1 aliphatic carbocycles. The topological polar surface area (TPSA) is 105 Å². The Balaban J connectivity index is 2.15. The molecule has 25 heavy (non-hydrogen) atoms. The number of amides is 1. The third kappa shape index (κ3) is 3.52. The van der Waals surface area contributed by atoms with Crippen LogP contribution in [-0.2, 0) is 6.18 Å². The molecule has 0 aliphatic heterocycles. The Morgan fingerprint density at radius 2 is 2.00 bits per heavy atom. The first-order chi connectivity index (χ1) is 11.8. The molecular formula is C16H12F3N5O. The summed E-state index contributed by atoms with van der Waals surface area (Å²) in [7, 11) is 0. The molecule has 9 heteroatoms. The molecule has 0 saturated heterocycles. The zero-order valence-electron chi connectivity index (χ0n) is 12.8. The molecule has 1 heterocycles. The number of alkyl halides is 3. The number of primary amides is 1. The number of nitrogens with one attached hydrogen (secondary N) is 1. The molecule has 1 saturated carbocycles. The second kappa shape index (κ2) is 6.05. The first-order valence-electron chi connectivity index (χ1n) is 7.35. The van der Waals surface area contributed by atoms with Gasteiger partial charge in [0.1, 0.15) is 5.69 Å². The van der Waals surface area contributed by atoms with Crippen LogP contribution in [0.25, 0.3) is 11.3 Å². The SMILES string of the molecule is N#Cc1ccc(-c2nnc(C(F)(F)F)cc2C(N)=O)c(NC2CC2)c1. The van der Waals surface area contributed by atoms with Crippen LogP contribution in [0.1, 0.15) is 34.5 Å². The van der Waals surface area contributed by atoms with E-state index in [1.807, 2.05) is 6.07 Å². The van der Waals surface area contributed by atoms with E-state index in [-0.39, 0.29) is 17.3 Å². The first-order valence-corrected chi connectivity index (χ1v) is 7.35. The summed E-state index contributed by atoms with van der Waals surface area (Å²) in [5.74, 6) is -1.04. The summed E-state index contributed by atoms with van der Waals surface area (Å²) in [6.07, 6.45) is -2.86. The average Bonchev–Trinajstić information content (AvgIpc) is 3.37. The number of nitriles is 1. The Morgan fingerprint density at radius 1 is 1.28 bits per heavy atom. The molecule has 3 N–H and O–H groups in total. The highest BCUT2D eigenvalue weighted by Gasteiger charge is 2.35. The molecule has 3 rings (SSSR count). The van der Waals surface area contributed by atoms with Crippen LogP contribution in [0, 0.1) is 11.3 Å². The Hall–Kier alpha value is -3.15. The fraction of sp³-hybridized carbons (Fsp3) is 0.250. The Morgan fingerprint density at radius 3 is 2.56 bits per heavy atom. The minimum atomic E-state index is -4.74. The molecular weight excluding hydrogens is 335 g/mol. The van der Waals surface area contributed by atoms with Gasteiger partial charge in [0.05, 0.1) is 17.2 Å². The normalized spacial score (nSPS) is 14.0. The highest BCUT2D eigenvalue weighted by Crippen LogP contribution is 2.35. The van der Waals surface area contributed by atoms with Gasteiger partial charge in [-0.2, -0.15) is 18.4 Å². The van der Waals surface area contributed by atoms with Gasteiger partial charge in [-0.05, 0) is 37.1 Å². The fourth-order valence-corrected chi connectivity index (χ4v) is 2.30. The van der Waals surface area contributed by atoms with Crippen molar-refractivity contribution < 1.29 is 18.0 Å². The number of rotatable bonds is 4. The van der Waals surface area contributed by atoms with Crippen molar-refractivity contribution in [2.75, 3.05) is 5.32 Å². The average molecular weight is 347 g/mol. The van der Waals surface area contributed by atoms with Crippen LogP contribution >= 0.6 is 0 Å². The summed E-state index contributed by atoms with van der Waals surface area (Å²) in [6, 6.07) is 7.34. The van der Waals surface area contributed by atoms with Crippen molar-refractivity contribution in [3.8, 4) is 17.3 Å². The van der Waals surface area contributed by atoms with Crippen LogP contribution in [0.4, 0.5) is 18.9 Å². The van der Waals surface area contributed by atoms with Crippen LogP contribution in [0.15, 0.2) is 24.3 Å². The monoisotopic (exact) mass is 347 g/mol. The molecule has 2 aromatic rings. The molecule has 0 atom stereocenters. The van der Waals surface area contributed by atoms with E-state index in [1.54, 1.807) is 6.07 Å². The molecule has 0 spiro atoms. The van der Waals surface area contributed by atoms with Crippen molar-refractivity contribution in [1.82, 2.24) is 10.2 Å². The fourth-order valence-electron chi connectivity index (χ4n) is 2.30. The lowest BCUT2D eigenvalue weighted by atomic mass is 10.0. The summed E-state index contributed by atoms with van der Waals surface area (Å²) in [6.45, 7) is 0. The highest BCUT2D eigenvalue weighted by atomic mass is 19.4. The molecule has 0 unspecified atom stereocenters. The van der Waals surface area contributed by atoms with E-state index in [4.69, 9.17) is 11.0 Å². The second-order valence-electron chi connectivity index (χ2n) is 5.64. The van der Waals surface area contributed by atoms with Gasteiger partial charge in [-0.15, -0.1) is 10.2 Å². The van der Waals surface area contributed by atoms with Gasteiger partial charge in [0.15, 0.2) is 5.69 Å². The van der Waals surface area contributed by atoms with Crippen molar-refractivity contribution in [3.05, 3.63) is 41.1 Å². The van der Waals surface area contributed by atoms with Gasteiger partial charge in [-0.3, -0.25) is 4.79 Å². The number of aromatic nitrogens is 2. The maximum atomic E-state index is 12.8. The third-order valence-electron chi connectivity index (χ3n) is 3.69. The molecule has 1 aromatic carbocycles. The van der Waals surface area contributed by atoms with Gasteiger partial charge >= 0.3 is 6.18 Å². The summed E-state index contributed by atoms with van der Waals surface area (Å²) in [4.78, 5) is 11.7. The predicted octanol–water partition coefficient (Wildman–Crippen LogP) is 2.71. The molecule has 0 radical (unpaired) electrons. The van der Waals surface area contributed by atoms with Gasteiger partial charge in [-0.25, -0.2) is 0 Å². The Labute approximate surface area is 140 Å². The Kier molecular flexibility index (Phi) is 4.04. The lowest BCUT2D eigenvalue weighted by Gasteiger charge is -2.14. The molecule has 1 fully saturated rings. The molecule has 6 nitrogen and oxygen atoms in total. The third-order valence-corrected chi connectivity index (χ3v) is 3.69. The van der Waals surface area contributed by atoms with Crippen molar-refractivity contribution in [3.63, 3.8) is 0 Å². The number of benzene rings is 1. The first kappa shape index (κ1) is 16.7. The van der Waals surface area contributed by atoms with Gasteiger partial charge in [-0.1, -0.05) is 0 Å². The Bertz CT molecular complexity index is 884. The van der Waals surface area contributed by atoms with Crippen LogP contribution in [-0.4, -0.2) is 22.1 Å². The lowest BCUT2D eigenvalue weighted by Crippen LogP contribution is -2.18. The number of nitrogens with two attached hydrogens (primary N) is 1. The minimum Gasteiger partial charge on any atom is -0.382 e. The number of hydrogen-bond donors (Lipinski definition) is 2. The van der Waals surface area contributed by atoms with Gasteiger partial charge in [0, 0.05) is 17.3 Å². The van der Waals surface area contributed by atoms with Crippen LogP contribution in [0.5, 0.6) is 0 Å². The van der Waals surface area contributed by atoms with E-state index in [9.17, 15) is 18.0 Å². The molecule has 128 valence electrons. The molecule has 1 aromatic heterocycles. The highest BCUT2D eigenvalue weighted by molar-refractivity contribution is 6.00. The van der Waals surface area contributed by atoms with Crippen molar-refractivity contribution in [2.45, 2.75) is 25.1 Å². The largest absolute Gasteiger partial charge is 0.435 e. The van der Waals surface area contributed by atoms with Gasteiger partial charge in [0.2, 0.25) is 0 Å². The van der Waals surface area contributed by atoms with Crippen molar-refractivity contribution in [2.24, 2.45) is 5.73 Å². The van der Waals surface area contributed by atoms with Crippen molar-refractivity contribution >= 4 is 11.6 Å². The zero-order chi connectivity index (χ0) is 18.2. The van der Waals surface area contributed by atoms with E-state index in [2.05, 4.69) is 15.5 Å². The number of anilines is 1. The van der Waals surface area contributed by atoms with Crippen LogP contribution in [0.3, 0.4) is 0 Å². The number of halogens is 3. The summed E-state index contributed by atoms with van der Waals surface area (Å²) < 4.78 is 38.5. The smallest absolute Gasteiger partial charge is 0.382 e. The van der Waals surface area contributed by atoms with Gasteiger partial charge < -0.3 is 11.1 Å². The maximum absolute atomic E-state index is 12.8. The number of hydrogen-bond acceptors (Lipinski definition) is 5. The number of carbonyl (C=O) groups is 1. The second-order valence-corrected chi connectivity index (χ2v) is 5.64. The summed E-state index contributed by atoms with van der Waals surface area (Å²) in [5.41, 5.74) is 4.72. The molecule has 0 bridgehead atoms. The van der Waals surface area contributed by atoms with Crippen LogP contribution < -0.4 is 11.1 Å². The zero-order valence-corrected chi connectivity index (χ0v) is 12.8. The number of carbonyl (C=O) groups excluding carboxylic acids is 1. The molecule has 1 amide bonds. The minimum absolute atomic E-state index is 0.0619. The molecule has 1 aliphatic rings. The van der Waals surface area contributed by atoms with Crippen molar-refractivity contribution in [1.29, 1.82) is 5.26 Å². The van der Waals surface area contributed by atoms with E-state index in [1.165, 1.54) is 12.1 Å². The number of nitrogens with zero attached hydrogens (tertiary/aromatic N) is 3. The van der Waals surface area contributed by atoms with Crippen LogP contribution in [0.2, 0.25) is 0 Å². The summed E-state index contributed by atoms with van der Waals surface area (Å²) in [5, 5.41) is 19.0.